The van der Waals surface area contributed by atoms with Crippen LogP contribution in [0.3, 0.4) is 0 Å². The van der Waals surface area contributed by atoms with Gasteiger partial charge in [-0.15, -0.1) is 0 Å². The van der Waals surface area contributed by atoms with Gasteiger partial charge in [0.15, 0.2) is 0 Å². The highest BCUT2D eigenvalue weighted by molar-refractivity contribution is 9.10. The van der Waals surface area contributed by atoms with E-state index < -0.39 is 22.5 Å². The Hall–Kier alpha value is -3.24. The van der Waals surface area contributed by atoms with Crippen LogP contribution in [0, 0.1) is 6.92 Å². The van der Waals surface area contributed by atoms with Crippen LogP contribution >= 0.6 is 15.9 Å². The average molecular weight is 517 g/mol. The van der Waals surface area contributed by atoms with Crippen LogP contribution < -0.4 is 14.5 Å². The summed E-state index contributed by atoms with van der Waals surface area (Å²) in [6, 6.07) is 16.5. The Bertz CT molecular complexity index is 1220. The van der Waals surface area contributed by atoms with Crippen LogP contribution in [-0.4, -0.2) is 39.2 Å². The third-order valence-corrected chi connectivity index (χ3v) is 6.78. The van der Waals surface area contributed by atoms with Crippen molar-refractivity contribution in [3.8, 4) is 5.75 Å². The summed E-state index contributed by atoms with van der Waals surface area (Å²) in [6.07, 6.45) is 2.98. The molecule has 2 aromatic carbocycles. The van der Waals surface area contributed by atoms with Gasteiger partial charge in [-0.25, -0.2) is 13.8 Å². The number of ether oxygens (including phenoxy) is 1. The van der Waals surface area contributed by atoms with Crippen LogP contribution in [0.5, 0.6) is 5.75 Å². The molecule has 0 unspecified atom stereocenters. The van der Waals surface area contributed by atoms with E-state index in [1.165, 1.54) is 25.5 Å². The molecule has 1 heterocycles. The van der Waals surface area contributed by atoms with Crippen molar-refractivity contribution in [2.24, 2.45) is 5.10 Å². The number of carbonyl (C=O) groups excluding carboxylic acids is 1. The van der Waals surface area contributed by atoms with Gasteiger partial charge in [-0.1, -0.05) is 23.8 Å². The zero-order valence-corrected chi connectivity index (χ0v) is 19.8. The molecule has 1 aromatic heterocycles. The van der Waals surface area contributed by atoms with Gasteiger partial charge in [0.05, 0.1) is 34.1 Å². The molecule has 0 fully saturated rings. The number of rotatable bonds is 8. The molecule has 32 heavy (non-hydrogen) atoms. The van der Waals surface area contributed by atoms with Crippen molar-refractivity contribution in [3.63, 3.8) is 0 Å². The number of benzene rings is 2. The van der Waals surface area contributed by atoms with E-state index in [-0.39, 0.29) is 4.90 Å². The number of sulfonamides is 1. The number of hydrogen-bond donors (Lipinski definition) is 1. The lowest BCUT2D eigenvalue weighted by atomic mass is 10.2. The van der Waals surface area contributed by atoms with E-state index >= 15 is 0 Å². The number of nitrogens with one attached hydrogen (secondary N) is 1. The van der Waals surface area contributed by atoms with Crippen molar-refractivity contribution in [1.82, 2.24) is 10.4 Å². The van der Waals surface area contributed by atoms with Crippen molar-refractivity contribution in [3.05, 3.63) is 82.6 Å². The summed E-state index contributed by atoms with van der Waals surface area (Å²) in [5.41, 5.74) is 4.22. The lowest BCUT2D eigenvalue weighted by Gasteiger charge is -2.24. The van der Waals surface area contributed by atoms with Crippen molar-refractivity contribution < 1.29 is 17.9 Å². The molecule has 0 saturated heterocycles. The lowest BCUT2D eigenvalue weighted by molar-refractivity contribution is -0.119. The summed E-state index contributed by atoms with van der Waals surface area (Å²) >= 11 is 3.31. The predicted molar refractivity (Wildman–Crippen MR) is 126 cm³/mol. The number of amides is 1. The van der Waals surface area contributed by atoms with E-state index in [1.54, 1.807) is 54.7 Å². The van der Waals surface area contributed by atoms with Crippen molar-refractivity contribution in [1.29, 1.82) is 0 Å². The maximum absolute atomic E-state index is 13.4. The van der Waals surface area contributed by atoms with E-state index in [9.17, 15) is 13.2 Å². The minimum atomic E-state index is -4.06. The summed E-state index contributed by atoms with van der Waals surface area (Å²) < 4.78 is 33.6. The van der Waals surface area contributed by atoms with Gasteiger partial charge < -0.3 is 4.74 Å². The van der Waals surface area contributed by atoms with Gasteiger partial charge >= 0.3 is 0 Å². The molecule has 3 rings (SSSR count). The Balaban J connectivity index is 1.88. The first-order valence-corrected chi connectivity index (χ1v) is 11.7. The predicted octanol–water partition coefficient (Wildman–Crippen LogP) is 3.51. The molecule has 0 radical (unpaired) electrons. The SMILES string of the molecule is COc1ccc(S(=O)(=O)N(CC(=O)N/N=C\c2ccccn2)c2ccc(C)cc2)cc1Br. The number of anilines is 1. The Kier molecular flexibility index (Phi) is 7.60. The highest BCUT2D eigenvalue weighted by Gasteiger charge is 2.28. The molecule has 1 N–H and O–H groups in total. The van der Waals surface area contributed by atoms with Crippen molar-refractivity contribution in [2.45, 2.75) is 11.8 Å². The fourth-order valence-electron chi connectivity index (χ4n) is 2.75. The summed E-state index contributed by atoms with van der Waals surface area (Å²) in [5, 5.41) is 3.86. The molecular formula is C22H21BrN4O4S. The molecule has 10 heteroatoms. The first-order valence-electron chi connectivity index (χ1n) is 9.47. The summed E-state index contributed by atoms with van der Waals surface area (Å²) in [6.45, 7) is 1.43. The number of hydrogen-bond acceptors (Lipinski definition) is 6. The minimum absolute atomic E-state index is 0.00976. The third kappa shape index (κ3) is 5.71. The van der Waals surface area contributed by atoms with Crippen LogP contribution in [0.4, 0.5) is 5.69 Å². The van der Waals surface area contributed by atoms with Gasteiger partial charge in [0, 0.05) is 6.20 Å². The van der Waals surface area contributed by atoms with Crippen LogP contribution in [0.2, 0.25) is 0 Å². The van der Waals surface area contributed by atoms with E-state index in [0.717, 1.165) is 9.87 Å². The normalized spacial score (nSPS) is 11.3. The number of aromatic nitrogens is 1. The van der Waals surface area contributed by atoms with Crippen LogP contribution in [0.25, 0.3) is 0 Å². The first-order chi connectivity index (χ1) is 15.3. The Labute approximate surface area is 195 Å². The second-order valence-electron chi connectivity index (χ2n) is 6.69. The second kappa shape index (κ2) is 10.4. The van der Waals surface area contributed by atoms with Crippen molar-refractivity contribution >= 4 is 43.8 Å². The summed E-state index contributed by atoms with van der Waals surface area (Å²) in [5.74, 6) is -0.110. The van der Waals surface area contributed by atoms with Gasteiger partial charge in [0.2, 0.25) is 0 Å². The highest BCUT2D eigenvalue weighted by atomic mass is 79.9. The molecule has 3 aromatic rings. The average Bonchev–Trinajstić information content (AvgIpc) is 2.79. The lowest BCUT2D eigenvalue weighted by Crippen LogP contribution is -2.39. The van der Waals surface area contributed by atoms with Gasteiger partial charge in [0.25, 0.3) is 15.9 Å². The summed E-state index contributed by atoms with van der Waals surface area (Å²) in [4.78, 5) is 16.6. The molecule has 166 valence electrons. The molecule has 0 atom stereocenters. The number of hydrazone groups is 1. The fraction of sp³-hybridized carbons (Fsp3) is 0.136. The van der Waals surface area contributed by atoms with Gasteiger partial charge in [0.1, 0.15) is 12.3 Å². The maximum Gasteiger partial charge on any atom is 0.264 e. The molecule has 0 aliphatic carbocycles. The summed E-state index contributed by atoms with van der Waals surface area (Å²) in [7, 11) is -2.58. The number of nitrogens with zero attached hydrogens (tertiary/aromatic N) is 3. The molecule has 8 nitrogen and oxygen atoms in total. The quantitative estimate of drug-likeness (QED) is 0.364. The molecular weight excluding hydrogens is 496 g/mol. The van der Waals surface area contributed by atoms with Gasteiger partial charge in [-0.2, -0.15) is 5.10 Å². The largest absolute Gasteiger partial charge is 0.496 e. The van der Waals surface area contributed by atoms with Crippen LogP contribution in [0.15, 0.2) is 81.3 Å². The number of aryl methyl sites for hydroxylation is 1. The monoisotopic (exact) mass is 516 g/mol. The first kappa shape index (κ1) is 23.4. The number of carbonyl (C=O) groups is 1. The second-order valence-corrected chi connectivity index (χ2v) is 9.41. The van der Waals surface area contributed by atoms with Gasteiger partial charge in [-0.05, 0) is 65.3 Å². The standard InChI is InChI=1S/C22H21BrN4O4S/c1-16-6-8-18(9-7-16)27(15-22(28)26-25-14-17-5-3-4-12-24-17)32(29,30)19-10-11-21(31-2)20(23)13-19/h3-14H,15H2,1-2H3,(H,26,28)/b25-14-. The van der Waals surface area contributed by atoms with E-state index in [0.29, 0.717) is 21.6 Å². The Morgan fingerprint density at radius 1 is 1.19 bits per heavy atom. The van der Waals surface area contributed by atoms with E-state index in [2.05, 4.69) is 31.4 Å². The molecule has 1 amide bonds. The smallest absolute Gasteiger partial charge is 0.264 e. The Morgan fingerprint density at radius 3 is 2.56 bits per heavy atom. The zero-order valence-electron chi connectivity index (χ0n) is 17.4. The fourth-order valence-corrected chi connectivity index (χ4v) is 4.89. The third-order valence-electron chi connectivity index (χ3n) is 4.39. The topological polar surface area (TPSA) is 101 Å². The molecule has 0 spiro atoms. The van der Waals surface area contributed by atoms with Crippen LogP contribution in [-0.2, 0) is 14.8 Å². The van der Waals surface area contributed by atoms with E-state index in [4.69, 9.17) is 4.74 Å². The number of methoxy groups -OCH3 is 1. The number of pyridine rings is 1. The number of halogens is 1. The molecule has 0 aliphatic heterocycles. The molecule has 0 bridgehead atoms. The maximum atomic E-state index is 13.4. The van der Waals surface area contributed by atoms with E-state index in [1.807, 2.05) is 6.92 Å². The van der Waals surface area contributed by atoms with Gasteiger partial charge in [-0.3, -0.25) is 14.1 Å². The minimum Gasteiger partial charge on any atom is -0.496 e. The molecule has 0 saturated carbocycles. The molecule has 0 aliphatic rings. The van der Waals surface area contributed by atoms with Crippen molar-refractivity contribution in [2.75, 3.05) is 18.0 Å². The zero-order chi connectivity index (χ0) is 23.1. The highest BCUT2D eigenvalue weighted by Crippen LogP contribution is 2.30. The van der Waals surface area contributed by atoms with Crippen LogP contribution in [0.1, 0.15) is 11.3 Å². The Morgan fingerprint density at radius 2 is 1.94 bits per heavy atom.